The van der Waals surface area contributed by atoms with Gasteiger partial charge in [-0.3, -0.25) is 4.90 Å². The molecule has 0 saturated carbocycles. The highest BCUT2D eigenvalue weighted by atomic mass is 16.7. The fraction of sp³-hybridized carbons (Fsp3) is 0.455. The lowest BCUT2D eigenvalue weighted by molar-refractivity contribution is -0.0784. The number of rotatable bonds is 3. The number of methoxy groups -OCH3 is 1. The molecule has 0 aromatic heterocycles. The van der Waals surface area contributed by atoms with Crippen LogP contribution in [0.1, 0.15) is 24.0 Å². The summed E-state index contributed by atoms with van der Waals surface area (Å²) in [6, 6.07) is 9.50. The Bertz CT molecular complexity index is 910. The van der Waals surface area contributed by atoms with Gasteiger partial charge in [0.2, 0.25) is 6.79 Å². The first kappa shape index (κ1) is 18.4. The molecule has 3 aliphatic rings. The van der Waals surface area contributed by atoms with Crippen molar-refractivity contribution in [1.82, 2.24) is 4.90 Å². The van der Waals surface area contributed by atoms with E-state index in [0.29, 0.717) is 24.7 Å². The maximum absolute atomic E-state index is 10.1. The average Bonchev–Trinajstić information content (AvgIpc) is 3.20. The Labute approximate surface area is 169 Å². The van der Waals surface area contributed by atoms with Crippen LogP contribution in [0.25, 0.3) is 0 Å². The van der Waals surface area contributed by atoms with Gasteiger partial charge in [-0.05, 0) is 23.8 Å². The minimum absolute atomic E-state index is 0.0515. The van der Waals surface area contributed by atoms with Crippen LogP contribution < -0.4 is 18.9 Å². The summed E-state index contributed by atoms with van der Waals surface area (Å²) in [5.74, 6) is 3.06. The number of hydrogen-bond donors (Lipinski definition) is 1. The van der Waals surface area contributed by atoms with Crippen LogP contribution in [0.2, 0.25) is 0 Å². The molecule has 5 rings (SSSR count). The first-order chi connectivity index (χ1) is 14.2. The van der Waals surface area contributed by atoms with Crippen molar-refractivity contribution in [2.24, 2.45) is 5.92 Å². The Hall–Kier alpha value is -2.64. The highest BCUT2D eigenvalue weighted by Crippen LogP contribution is 2.50. The molecule has 0 aliphatic carbocycles. The second-order valence-corrected chi connectivity index (χ2v) is 7.67. The minimum atomic E-state index is -0.0865. The van der Waals surface area contributed by atoms with E-state index in [9.17, 15) is 5.11 Å². The van der Waals surface area contributed by atoms with Gasteiger partial charge in [-0.1, -0.05) is 13.0 Å². The summed E-state index contributed by atoms with van der Waals surface area (Å²) in [6.45, 7) is 5.51. The SMILES string of the molecule is COc1cc([C@H]2c3cc4c(cc3O[C@H](N3CCOCC3)[C@@H]2C)OCO4)ccc1O. The van der Waals surface area contributed by atoms with Crippen molar-refractivity contribution in [3.8, 4) is 28.7 Å². The smallest absolute Gasteiger partial charge is 0.231 e. The molecule has 0 amide bonds. The van der Waals surface area contributed by atoms with Crippen molar-refractivity contribution < 1.29 is 28.8 Å². The summed E-state index contributed by atoms with van der Waals surface area (Å²) in [5.41, 5.74) is 2.12. The number of fused-ring (bicyclic) bond motifs is 2. The van der Waals surface area contributed by atoms with Crippen LogP contribution in [0, 0.1) is 5.92 Å². The normalized spacial score (nSPS) is 25.9. The number of morpholine rings is 1. The predicted molar refractivity (Wildman–Crippen MR) is 105 cm³/mol. The van der Waals surface area contributed by atoms with Gasteiger partial charge in [-0.2, -0.15) is 0 Å². The van der Waals surface area contributed by atoms with Gasteiger partial charge >= 0.3 is 0 Å². The Morgan fingerprint density at radius 3 is 2.55 bits per heavy atom. The van der Waals surface area contributed by atoms with E-state index in [2.05, 4.69) is 11.8 Å². The highest BCUT2D eigenvalue weighted by molar-refractivity contribution is 5.57. The van der Waals surface area contributed by atoms with E-state index in [4.69, 9.17) is 23.7 Å². The molecule has 0 unspecified atom stereocenters. The van der Waals surface area contributed by atoms with Crippen LogP contribution in [0.3, 0.4) is 0 Å². The summed E-state index contributed by atoms with van der Waals surface area (Å²) < 4.78 is 28.6. The molecule has 3 atom stereocenters. The van der Waals surface area contributed by atoms with Crippen LogP contribution in [0.4, 0.5) is 0 Å². The van der Waals surface area contributed by atoms with Crippen LogP contribution in [0.5, 0.6) is 28.7 Å². The van der Waals surface area contributed by atoms with Gasteiger partial charge in [0.25, 0.3) is 0 Å². The first-order valence-electron chi connectivity index (χ1n) is 9.94. The zero-order chi connectivity index (χ0) is 20.0. The fourth-order valence-corrected chi connectivity index (χ4v) is 4.58. The molecular weight excluding hydrogens is 374 g/mol. The van der Waals surface area contributed by atoms with E-state index >= 15 is 0 Å². The van der Waals surface area contributed by atoms with Crippen molar-refractivity contribution in [2.75, 3.05) is 40.2 Å². The van der Waals surface area contributed by atoms with Gasteiger partial charge in [-0.25, -0.2) is 0 Å². The van der Waals surface area contributed by atoms with Crippen molar-refractivity contribution in [2.45, 2.75) is 19.1 Å². The quantitative estimate of drug-likeness (QED) is 0.851. The lowest BCUT2D eigenvalue weighted by Crippen LogP contribution is -2.52. The van der Waals surface area contributed by atoms with E-state index in [0.717, 1.165) is 35.7 Å². The molecule has 2 aromatic carbocycles. The lowest BCUT2D eigenvalue weighted by Gasteiger charge is -2.44. The second-order valence-electron chi connectivity index (χ2n) is 7.67. The van der Waals surface area contributed by atoms with E-state index in [1.165, 1.54) is 0 Å². The van der Waals surface area contributed by atoms with E-state index in [1.807, 2.05) is 24.3 Å². The van der Waals surface area contributed by atoms with Gasteiger partial charge in [0.15, 0.2) is 29.2 Å². The molecule has 29 heavy (non-hydrogen) atoms. The van der Waals surface area contributed by atoms with E-state index in [1.54, 1.807) is 13.2 Å². The fourth-order valence-electron chi connectivity index (χ4n) is 4.58. The van der Waals surface area contributed by atoms with Gasteiger partial charge in [0.1, 0.15) is 5.75 Å². The zero-order valence-corrected chi connectivity index (χ0v) is 16.6. The van der Waals surface area contributed by atoms with Crippen molar-refractivity contribution in [1.29, 1.82) is 0 Å². The van der Waals surface area contributed by atoms with Crippen molar-refractivity contribution >= 4 is 0 Å². The standard InChI is InChI=1S/C22H25NO6/c1-13-21(14-3-4-16(24)18(9-14)25-2)15-10-19-20(28-12-27-19)11-17(15)29-22(13)23-5-7-26-8-6-23/h3-4,9-11,13,21-22,24H,5-8,12H2,1-2H3/t13-,21+,22+/m1/s1. The number of benzene rings is 2. The summed E-state index contributed by atoms with van der Waals surface area (Å²) in [4.78, 5) is 2.34. The van der Waals surface area contributed by atoms with Crippen LogP contribution in [0.15, 0.2) is 30.3 Å². The molecular formula is C22H25NO6. The molecule has 0 radical (unpaired) electrons. The molecule has 1 N–H and O–H groups in total. The number of hydrogen-bond acceptors (Lipinski definition) is 7. The molecule has 1 fully saturated rings. The maximum atomic E-state index is 10.1. The summed E-state index contributed by atoms with van der Waals surface area (Å²) in [6.07, 6.45) is -0.0865. The van der Waals surface area contributed by atoms with Gasteiger partial charge in [0.05, 0.1) is 20.3 Å². The third-order valence-electron chi connectivity index (χ3n) is 6.03. The number of phenolic OH excluding ortho intramolecular Hbond substituents is 1. The Kier molecular flexibility index (Phi) is 4.64. The van der Waals surface area contributed by atoms with Crippen LogP contribution in [-0.4, -0.2) is 56.4 Å². The summed E-state index contributed by atoms with van der Waals surface area (Å²) >= 11 is 0. The molecule has 154 valence electrons. The second kappa shape index (κ2) is 7.31. The molecule has 2 aromatic rings. The highest BCUT2D eigenvalue weighted by Gasteiger charge is 2.41. The number of nitrogens with zero attached hydrogens (tertiary/aromatic N) is 1. The molecule has 3 heterocycles. The Morgan fingerprint density at radius 1 is 1.03 bits per heavy atom. The van der Waals surface area contributed by atoms with Crippen molar-refractivity contribution in [3.63, 3.8) is 0 Å². The molecule has 0 bridgehead atoms. The summed E-state index contributed by atoms with van der Waals surface area (Å²) in [7, 11) is 1.56. The minimum Gasteiger partial charge on any atom is -0.504 e. The number of phenols is 1. The largest absolute Gasteiger partial charge is 0.504 e. The van der Waals surface area contributed by atoms with Crippen LogP contribution >= 0.6 is 0 Å². The van der Waals surface area contributed by atoms with Gasteiger partial charge in [-0.15, -0.1) is 0 Å². The monoisotopic (exact) mass is 399 g/mol. The number of aromatic hydroxyl groups is 1. The average molecular weight is 399 g/mol. The zero-order valence-electron chi connectivity index (χ0n) is 16.6. The number of ether oxygens (including phenoxy) is 5. The van der Waals surface area contributed by atoms with Gasteiger partial charge in [0, 0.05) is 36.6 Å². The lowest BCUT2D eigenvalue weighted by atomic mass is 9.78. The van der Waals surface area contributed by atoms with Gasteiger partial charge < -0.3 is 28.8 Å². The summed E-state index contributed by atoms with van der Waals surface area (Å²) in [5, 5.41) is 10.1. The molecule has 7 nitrogen and oxygen atoms in total. The predicted octanol–water partition coefficient (Wildman–Crippen LogP) is 2.95. The Morgan fingerprint density at radius 2 is 1.79 bits per heavy atom. The molecule has 0 spiro atoms. The third kappa shape index (κ3) is 3.14. The molecule has 7 heteroatoms. The Balaban J connectivity index is 1.61. The van der Waals surface area contributed by atoms with Crippen LogP contribution in [-0.2, 0) is 4.74 Å². The topological polar surface area (TPSA) is 69.6 Å². The third-order valence-corrected chi connectivity index (χ3v) is 6.03. The maximum Gasteiger partial charge on any atom is 0.231 e. The first-order valence-corrected chi connectivity index (χ1v) is 9.94. The molecule has 1 saturated heterocycles. The molecule has 3 aliphatic heterocycles. The van der Waals surface area contributed by atoms with Crippen molar-refractivity contribution in [3.05, 3.63) is 41.5 Å². The van der Waals surface area contributed by atoms with E-state index in [-0.39, 0.29) is 30.6 Å². The van der Waals surface area contributed by atoms with E-state index < -0.39 is 0 Å².